The van der Waals surface area contributed by atoms with Crippen LogP contribution in [0, 0.1) is 0 Å². The minimum Gasteiger partial charge on any atom is -0.382 e. The van der Waals surface area contributed by atoms with Gasteiger partial charge in [-0.25, -0.2) is 0 Å². The smallest absolute Gasteiger partial charge is 0.0700 e. The minimum atomic E-state index is 0. The Balaban J connectivity index is -0.0000000972. The van der Waals surface area contributed by atoms with Crippen molar-refractivity contribution in [3.63, 3.8) is 0 Å². The number of alkyl halides is 1. The fourth-order valence-electron chi connectivity index (χ4n) is 2.47. The van der Waals surface area contributed by atoms with Gasteiger partial charge in [-0.05, 0) is 32.6 Å². The molecule has 0 atom stereocenters. The van der Waals surface area contributed by atoms with Gasteiger partial charge in [0.1, 0.15) is 0 Å². The maximum atomic E-state index is 5.40. The highest BCUT2D eigenvalue weighted by Crippen LogP contribution is 2.00. The van der Waals surface area contributed by atoms with E-state index < -0.39 is 0 Å². The van der Waals surface area contributed by atoms with Crippen molar-refractivity contribution in [1.29, 1.82) is 0 Å². The van der Waals surface area contributed by atoms with E-state index in [4.69, 9.17) is 18.9 Å². The van der Waals surface area contributed by atoms with Gasteiger partial charge in [0.25, 0.3) is 0 Å². The van der Waals surface area contributed by atoms with Gasteiger partial charge in [0.05, 0.1) is 55.9 Å². The molecule has 214 valence electrons. The Morgan fingerprint density at radius 3 is 1.46 bits per heavy atom. The first-order valence-corrected chi connectivity index (χ1v) is 12.6. The highest BCUT2D eigenvalue weighted by molar-refractivity contribution is 9.09. The number of aliphatic imine (C=N–C) groups is 4. The summed E-state index contributed by atoms with van der Waals surface area (Å²) in [5.74, 6) is 0. The molecule has 0 rings (SSSR count). The molecule has 0 unspecified atom stereocenters. The van der Waals surface area contributed by atoms with Gasteiger partial charge in [0.2, 0.25) is 0 Å². The van der Waals surface area contributed by atoms with Crippen molar-refractivity contribution in [1.82, 2.24) is 0 Å². The summed E-state index contributed by atoms with van der Waals surface area (Å²) in [6.45, 7) is 10.4. The zero-order valence-corrected chi connectivity index (χ0v) is 24.6. The number of methoxy groups -OCH3 is 2. The molecular weight excluding hydrogens is 519 g/mol. The molecule has 35 heavy (non-hydrogen) atoms. The molecule has 0 spiro atoms. The lowest BCUT2D eigenvalue weighted by Gasteiger charge is -2.07. The quantitative estimate of drug-likeness (QED) is 0.135. The maximum absolute atomic E-state index is 5.40. The van der Waals surface area contributed by atoms with Crippen molar-refractivity contribution >= 4 is 38.8 Å². The van der Waals surface area contributed by atoms with Crippen LogP contribution in [0.15, 0.2) is 20.0 Å². The Morgan fingerprint density at radius 2 is 1.14 bits per heavy atom. The van der Waals surface area contributed by atoms with E-state index in [1.807, 2.05) is 21.0 Å². The molecule has 10 heteroatoms. The van der Waals surface area contributed by atoms with E-state index >= 15 is 0 Å². The van der Waals surface area contributed by atoms with Gasteiger partial charge < -0.3 is 18.9 Å². The minimum absolute atomic E-state index is 0. The summed E-state index contributed by atoms with van der Waals surface area (Å²) in [7, 11) is 10.6. The van der Waals surface area contributed by atoms with E-state index in [0.29, 0.717) is 26.4 Å². The third-order valence-corrected chi connectivity index (χ3v) is 4.68. The first-order chi connectivity index (χ1) is 16.0. The van der Waals surface area contributed by atoms with Crippen molar-refractivity contribution < 1.29 is 25.1 Å². The maximum Gasteiger partial charge on any atom is 0.0700 e. The highest BCUT2D eigenvalue weighted by Gasteiger charge is 2.04. The summed E-state index contributed by atoms with van der Waals surface area (Å²) in [4.78, 5) is 16.6. The fraction of sp³-hybridized carbons (Fsp3) is 0.840. The molecule has 0 aromatic heterocycles. The van der Waals surface area contributed by atoms with Crippen LogP contribution in [0.2, 0.25) is 0 Å². The van der Waals surface area contributed by atoms with E-state index in [9.17, 15) is 0 Å². The van der Waals surface area contributed by atoms with Gasteiger partial charge in [-0.1, -0.05) is 37.2 Å². The first-order valence-electron chi connectivity index (χ1n) is 11.5. The van der Waals surface area contributed by atoms with E-state index in [2.05, 4.69) is 49.7 Å². The predicted octanol–water partition coefficient (Wildman–Crippen LogP) is 5.62. The Hall–Kier alpha value is -1.07. The zero-order chi connectivity index (χ0) is 25.7. The first kappa shape index (κ1) is 44.0. The third kappa shape index (κ3) is 30.9. The SMILES string of the molecule is C.CCC(=NC)C(C)=NC.CCC(=NC)C(CCCOCCOC)=NC.COCCOCCBr.F.[3HH]. The Labute approximate surface area is 225 Å². The Kier molecular flexibility index (Phi) is 47.1. The van der Waals surface area contributed by atoms with Crippen molar-refractivity contribution in [3.8, 4) is 0 Å². The monoisotopic (exact) mass is 576 g/mol. The van der Waals surface area contributed by atoms with Gasteiger partial charge in [-0.3, -0.25) is 24.7 Å². The van der Waals surface area contributed by atoms with E-state index in [0.717, 1.165) is 67.1 Å². The van der Waals surface area contributed by atoms with Crippen LogP contribution in [0.1, 0.15) is 55.3 Å². The van der Waals surface area contributed by atoms with Crippen LogP contribution >= 0.6 is 15.9 Å². The Morgan fingerprint density at radius 1 is 0.686 bits per heavy atom. The van der Waals surface area contributed by atoms with E-state index in [1.165, 1.54) is 0 Å². The molecule has 0 heterocycles. The average Bonchev–Trinajstić information content (AvgIpc) is 2.84. The van der Waals surface area contributed by atoms with Gasteiger partial charge in [0.15, 0.2) is 0 Å². The number of halogens is 2. The number of ether oxygens (including phenoxy) is 4. The van der Waals surface area contributed by atoms with Crippen LogP contribution in [0.4, 0.5) is 4.70 Å². The summed E-state index contributed by atoms with van der Waals surface area (Å²) in [6, 6.07) is 0. The van der Waals surface area contributed by atoms with Gasteiger partial charge in [0, 0.05) is 55.8 Å². The van der Waals surface area contributed by atoms with Crippen LogP contribution in [0.25, 0.3) is 0 Å². The lowest BCUT2D eigenvalue weighted by atomic mass is 10.1. The molecule has 0 aliphatic heterocycles. The van der Waals surface area contributed by atoms with Crippen molar-refractivity contribution in [2.75, 3.05) is 87.4 Å². The number of nitrogens with zero attached hydrogens (tertiary/aromatic N) is 4. The molecule has 0 fully saturated rings. The second kappa shape index (κ2) is 37.5. The van der Waals surface area contributed by atoms with Crippen LogP contribution in [-0.2, 0) is 18.9 Å². The lowest BCUT2D eigenvalue weighted by molar-refractivity contribution is 0.0701. The molecule has 0 aliphatic rings. The summed E-state index contributed by atoms with van der Waals surface area (Å²) in [5.41, 5.74) is 4.33. The second-order valence-corrected chi connectivity index (χ2v) is 7.32. The van der Waals surface area contributed by atoms with Crippen LogP contribution in [-0.4, -0.2) is 110 Å². The molecule has 0 radical (unpaired) electrons. The fourth-order valence-corrected chi connectivity index (χ4v) is 2.69. The van der Waals surface area contributed by atoms with E-state index in [-0.39, 0.29) is 13.6 Å². The topological polar surface area (TPSA) is 86.4 Å². The zero-order valence-electron chi connectivity index (χ0n) is 23.0. The normalized spacial score (nSPS) is 11.9. The van der Waals surface area contributed by atoms with Gasteiger partial charge in [-0.2, -0.15) is 0 Å². The summed E-state index contributed by atoms with van der Waals surface area (Å²) in [6.07, 6.45) is 3.83. The van der Waals surface area contributed by atoms with Crippen molar-refractivity contribution in [2.24, 2.45) is 20.0 Å². The summed E-state index contributed by atoms with van der Waals surface area (Å²) in [5, 5.41) is 0.900. The number of hydrogen-bond donors (Lipinski definition) is 0. The average molecular weight is 578 g/mol. The molecule has 0 aromatic carbocycles. The van der Waals surface area contributed by atoms with Gasteiger partial charge >= 0.3 is 0 Å². The molecule has 0 aliphatic carbocycles. The highest BCUT2D eigenvalue weighted by atomic mass is 79.9. The Bertz CT molecular complexity index is 546. The molecule has 0 amide bonds. The third-order valence-electron chi connectivity index (χ3n) is 4.35. The van der Waals surface area contributed by atoms with Crippen LogP contribution in [0.3, 0.4) is 0 Å². The molecule has 0 N–H and O–H groups in total. The predicted molar refractivity (Wildman–Crippen MR) is 159 cm³/mol. The van der Waals surface area contributed by atoms with Crippen molar-refractivity contribution in [2.45, 2.75) is 53.9 Å². The summed E-state index contributed by atoms with van der Waals surface area (Å²) >= 11 is 3.24. The molecule has 0 saturated carbocycles. The van der Waals surface area contributed by atoms with Crippen LogP contribution in [0.5, 0.6) is 0 Å². The van der Waals surface area contributed by atoms with E-state index in [1.54, 1.807) is 28.3 Å². The molecule has 8 nitrogen and oxygen atoms in total. The molecule has 0 saturated heterocycles. The largest absolute Gasteiger partial charge is 0.382 e. The number of rotatable bonds is 16. The second-order valence-electron chi connectivity index (χ2n) is 6.53. The van der Waals surface area contributed by atoms with Gasteiger partial charge in [-0.15, -0.1) is 0 Å². The molecule has 0 aromatic rings. The number of hydrogen-bond acceptors (Lipinski definition) is 8. The summed E-state index contributed by atoms with van der Waals surface area (Å²) < 4.78 is 20.1. The standard InChI is InChI=1S/C12H24N2O2.C7H14N2.C5H11BrO2.CH4.FH.H2/c1-5-11(13-2)12(14-3)7-6-8-16-10-9-15-4;1-5-7(9-4)6(2)8-3;1-7-4-5-8-3-2-6;;;/h5-10H2,1-4H3;5H2,1-4H3;2-5H2,1H3;1H4;2*1H/i;;;;;1+2. The lowest BCUT2D eigenvalue weighted by Crippen LogP contribution is -2.14. The molecule has 0 bridgehead atoms. The molecular formula is C25H56BrFN4O4. The van der Waals surface area contributed by atoms with Crippen molar-refractivity contribution in [3.05, 3.63) is 0 Å². The van der Waals surface area contributed by atoms with Crippen LogP contribution < -0.4 is 0 Å².